The molecule has 3 heteroatoms. The Balaban J connectivity index is 1.86. The summed E-state index contributed by atoms with van der Waals surface area (Å²) >= 11 is 0. The summed E-state index contributed by atoms with van der Waals surface area (Å²) in [7, 11) is 0. The van der Waals surface area contributed by atoms with Gasteiger partial charge < -0.3 is 4.57 Å². The van der Waals surface area contributed by atoms with Gasteiger partial charge in [0.2, 0.25) is 0 Å². The van der Waals surface area contributed by atoms with Crippen LogP contribution in [0.2, 0.25) is 0 Å². The minimum absolute atomic E-state index is 0.245. The fraction of sp³-hybridized carbons (Fsp3) is 0. The second-order valence-corrected chi connectivity index (χ2v) is 5.37. The van der Waals surface area contributed by atoms with Crippen molar-refractivity contribution >= 4 is 10.9 Å². The molecule has 0 radical (unpaired) electrons. The van der Waals surface area contributed by atoms with Gasteiger partial charge in [-0.1, -0.05) is 30.2 Å². The van der Waals surface area contributed by atoms with E-state index < -0.39 is 0 Å². The summed E-state index contributed by atoms with van der Waals surface area (Å²) in [5.41, 5.74) is 3.59. The smallest absolute Gasteiger partial charge is 0.123 e. The van der Waals surface area contributed by atoms with Crippen molar-refractivity contribution in [1.29, 1.82) is 0 Å². The Morgan fingerprint density at radius 1 is 0.833 bits per heavy atom. The van der Waals surface area contributed by atoms with Gasteiger partial charge >= 0.3 is 0 Å². The first kappa shape index (κ1) is 14.2. The number of hydrogen-bond acceptors (Lipinski definition) is 1. The summed E-state index contributed by atoms with van der Waals surface area (Å²) in [6.45, 7) is 0. The Bertz CT molecular complexity index is 1050. The van der Waals surface area contributed by atoms with Crippen LogP contribution in [0.15, 0.2) is 79.1 Å². The fourth-order valence-electron chi connectivity index (χ4n) is 2.66. The molecule has 0 bridgehead atoms. The van der Waals surface area contributed by atoms with Crippen LogP contribution in [0.4, 0.5) is 4.39 Å². The lowest BCUT2D eigenvalue weighted by Gasteiger charge is -2.04. The van der Waals surface area contributed by atoms with Gasteiger partial charge in [0.25, 0.3) is 0 Å². The lowest BCUT2D eigenvalue weighted by Crippen LogP contribution is -1.91. The molecule has 4 rings (SSSR count). The van der Waals surface area contributed by atoms with Gasteiger partial charge in [0.1, 0.15) is 11.5 Å². The quantitative estimate of drug-likeness (QED) is 0.471. The highest BCUT2D eigenvalue weighted by atomic mass is 19.1. The number of benzene rings is 2. The van der Waals surface area contributed by atoms with Crippen LogP contribution < -0.4 is 0 Å². The van der Waals surface area contributed by atoms with Gasteiger partial charge in [0.05, 0.1) is 11.1 Å². The van der Waals surface area contributed by atoms with Crippen molar-refractivity contribution in [1.82, 2.24) is 9.55 Å². The van der Waals surface area contributed by atoms with E-state index in [9.17, 15) is 4.39 Å². The molecule has 2 nitrogen and oxygen atoms in total. The Kier molecular flexibility index (Phi) is 3.57. The Labute approximate surface area is 139 Å². The number of para-hydroxylation sites is 1. The van der Waals surface area contributed by atoms with Gasteiger partial charge in [-0.25, -0.2) is 9.37 Å². The molecule has 114 valence electrons. The van der Waals surface area contributed by atoms with Gasteiger partial charge in [0, 0.05) is 23.5 Å². The van der Waals surface area contributed by atoms with Crippen molar-refractivity contribution in [3.8, 4) is 17.5 Å². The average molecular weight is 312 g/mol. The molecule has 0 fully saturated rings. The number of halogens is 1. The van der Waals surface area contributed by atoms with Crippen LogP contribution >= 0.6 is 0 Å². The second kappa shape index (κ2) is 6.02. The predicted molar refractivity (Wildman–Crippen MR) is 93.5 cm³/mol. The molecular weight excluding hydrogens is 299 g/mol. The summed E-state index contributed by atoms with van der Waals surface area (Å²) < 4.78 is 15.2. The molecule has 2 heterocycles. The van der Waals surface area contributed by atoms with E-state index in [2.05, 4.69) is 16.8 Å². The zero-order chi connectivity index (χ0) is 16.4. The molecule has 0 saturated heterocycles. The summed E-state index contributed by atoms with van der Waals surface area (Å²) in [5, 5.41) is 1.06. The third-order valence-electron chi connectivity index (χ3n) is 3.81. The standard InChI is InChI=1S/C21H13FN2/c22-17-9-12-19(13-10-17)24-15-16(20-6-1-2-7-21(20)24)8-11-18-5-3-4-14-23-18/h1-7,9-10,12-15H. The van der Waals surface area contributed by atoms with Crippen molar-refractivity contribution < 1.29 is 4.39 Å². The van der Waals surface area contributed by atoms with Gasteiger partial charge in [-0.15, -0.1) is 0 Å². The zero-order valence-electron chi connectivity index (χ0n) is 12.8. The molecule has 2 aromatic carbocycles. The number of pyridine rings is 1. The largest absolute Gasteiger partial charge is 0.315 e. The molecule has 0 spiro atoms. The fourth-order valence-corrected chi connectivity index (χ4v) is 2.66. The topological polar surface area (TPSA) is 17.8 Å². The van der Waals surface area contributed by atoms with E-state index in [1.54, 1.807) is 18.3 Å². The minimum atomic E-state index is -0.245. The van der Waals surface area contributed by atoms with Crippen molar-refractivity contribution in [2.24, 2.45) is 0 Å². The van der Waals surface area contributed by atoms with E-state index in [0.717, 1.165) is 27.8 Å². The average Bonchev–Trinajstić information content (AvgIpc) is 3.00. The highest BCUT2D eigenvalue weighted by Gasteiger charge is 2.08. The Hall–Kier alpha value is -3.38. The van der Waals surface area contributed by atoms with Crippen molar-refractivity contribution in [2.45, 2.75) is 0 Å². The molecule has 0 aliphatic carbocycles. The van der Waals surface area contributed by atoms with E-state index >= 15 is 0 Å². The first-order valence-corrected chi connectivity index (χ1v) is 7.60. The highest BCUT2D eigenvalue weighted by molar-refractivity contribution is 5.88. The second-order valence-electron chi connectivity index (χ2n) is 5.37. The molecule has 24 heavy (non-hydrogen) atoms. The van der Waals surface area contributed by atoms with Crippen molar-refractivity contribution in [3.05, 3.63) is 96.2 Å². The van der Waals surface area contributed by atoms with Crippen LogP contribution in [-0.2, 0) is 0 Å². The SMILES string of the molecule is Fc1ccc(-n2cc(C#Cc3ccccn3)c3ccccc32)cc1. The zero-order valence-corrected chi connectivity index (χ0v) is 12.8. The predicted octanol–water partition coefficient (Wildman–Crippen LogP) is 4.56. The van der Waals surface area contributed by atoms with Crippen LogP contribution in [0.3, 0.4) is 0 Å². The third kappa shape index (κ3) is 2.66. The molecule has 0 N–H and O–H groups in total. The molecule has 4 aromatic rings. The molecule has 0 unspecified atom stereocenters. The molecule has 0 amide bonds. The van der Waals surface area contributed by atoms with E-state index in [1.807, 2.05) is 53.2 Å². The number of aromatic nitrogens is 2. The summed E-state index contributed by atoms with van der Waals surface area (Å²) in [4.78, 5) is 4.23. The summed E-state index contributed by atoms with van der Waals surface area (Å²) in [6, 6.07) is 20.2. The molecular formula is C21H13FN2. The van der Waals surface area contributed by atoms with Gasteiger partial charge in [0.15, 0.2) is 0 Å². The van der Waals surface area contributed by atoms with Crippen LogP contribution in [-0.4, -0.2) is 9.55 Å². The van der Waals surface area contributed by atoms with E-state index in [4.69, 9.17) is 0 Å². The third-order valence-corrected chi connectivity index (χ3v) is 3.81. The first-order valence-electron chi connectivity index (χ1n) is 7.60. The maximum atomic E-state index is 13.2. The molecule has 0 atom stereocenters. The van der Waals surface area contributed by atoms with Crippen LogP contribution in [0.25, 0.3) is 16.6 Å². The van der Waals surface area contributed by atoms with E-state index in [0.29, 0.717) is 0 Å². The van der Waals surface area contributed by atoms with Gasteiger partial charge in [-0.3, -0.25) is 0 Å². The van der Waals surface area contributed by atoms with E-state index in [-0.39, 0.29) is 5.82 Å². The van der Waals surface area contributed by atoms with Crippen LogP contribution in [0.5, 0.6) is 0 Å². The highest BCUT2D eigenvalue weighted by Crippen LogP contribution is 2.24. The van der Waals surface area contributed by atoms with E-state index in [1.165, 1.54) is 12.1 Å². The minimum Gasteiger partial charge on any atom is -0.315 e. The van der Waals surface area contributed by atoms with Crippen LogP contribution in [0.1, 0.15) is 11.3 Å². The lowest BCUT2D eigenvalue weighted by molar-refractivity contribution is 0.627. The Morgan fingerprint density at radius 2 is 1.62 bits per heavy atom. The van der Waals surface area contributed by atoms with Crippen molar-refractivity contribution in [2.75, 3.05) is 0 Å². The number of fused-ring (bicyclic) bond motifs is 1. The van der Waals surface area contributed by atoms with Crippen molar-refractivity contribution in [3.63, 3.8) is 0 Å². The summed E-state index contributed by atoms with van der Waals surface area (Å²) in [5.74, 6) is 6.05. The Morgan fingerprint density at radius 3 is 2.42 bits per heavy atom. The molecule has 0 saturated carbocycles. The first-order chi connectivity index (χ1) is 11.8. The number of hydrogen-bond donors (Lipinski definition) is 0. The molecule has 2 aromatic heterocycles. The molecule has 0 aliphatic rings. The van der Waals surface area contributed by atoms with Gasteiger partial charge in [-0.05, 0) is 48.4 Å². The maximum Gasteiger partial charge on any atom is 0.123 e. The maximum absolute atomic E-state index is 13.2. The summed E-state index contributed by atoms with van der Waals surface area (Å²) in [6.07, 6.45) is 3.71. The number of nitrogens with zero attached hydrogens (tertiary/aromatic N) is 2. The molecule has 0 aliphatic heterocycles. The monoisotopic (exact) mass is 312 g/mol. The lowest BCUT2D eigenvalue weighted by atomic mass is 10.2. The number of rotatable bonds is 1. The normalized spacial score (nSPS) is 10.4. The van der Waals surface area contributed by atoms with Crippen LogP contribution in [0, 0.1) is 17.7 Å². The van der Waals surface area contributed by atoms with Gasteiger partial charge in [-0.2, -0.15) is 0 Å².